The van der Waals surface area contributed by atoms with Gasteiger partial charge in [-0.2, -0.15) is 11.8 Å². The Kier molecular flexibility index (Phi) is 5.07. The van der Waals surface area contributed by atoms with Gasteiger partial charge in [0, 0.05) is 6.20 Å². The number of hydrogen-bond acceptors (Lipinski definition) is 5. The molecule has 0 bridgehead atoms. The molecule has 0 aliphatic carbocycles. The Balaban J connectivity index is 2.54. The van der Waals surface area contributed by atoms with Crippen LogP contribution in [-0.4, -0.2) is 34.0 Å². The molecule has 0 saturated heterocycles. The number of aromatic hydroxyl groups is 1. The van der Waals surface area contributed by atoms with Crippen LogP contribution in [0.15, 0.2) is 18.3 Å². The fourth-order valence-corrected chi connectivity index (χ4v) is 1.57. The van der Waals surface area contributed by atoms with Crippen molar-refractivity contribution in [2.24, 2.45) is 5.73 Å². The number of nitrogens with zero attached hydrogens (tertiary/aromatic N) is 1. The topological polar surface area (TPSA) is 88.2 Å². The van der Waals surface area contributed by atoms with Crippen LogP contribution in [0.2, 0.25) is 0 Å². The first-order chi connectivity index (χ1) is 7.65. The largest absolute Gasteiger partial charge is 0.504 e. The molecule has 6 heteroatoms. The highest BCUT2D eigenvalue weighted by Gasteiger charge is 2.14. The molecule has 88 valence electrons. The zero-order valence-electron chi connectivity index (χ0n) is 9.01. The maximum absolute atomic E-state index is 11.6. The molecule has 4 N–H and O–H groups in total. The molecule has 1 amide bonds. The van der Waals surface area contributed by atoms with E-state index in [2.05, 4.69) is 10.3 Å². The Morgan fingerprint density at radius 1 is 1.75 bits per heavy atom. The maximum atomic E-state index is 11.6. The summed E-state index contributed by atoms with van der Waals surface area (Å²) in [5, 5.41) is 11.9. The fraction of sp³-hybridized carbons (Fsp3) is 0.400. The van der Waals surface area contributed by atoms with Crippen molar-refractivity contribution in [1.82, 2.24) is 4.98 Å². The lowest BCUT2D eigenvalue weighted by molar-refractivity contribution is -0.117. The minimum absolute atomic E-state index is 0.0621. The van der Waals surface area contributed by atoms with Crippen LogP contribution in [0.25, 0.3) is 0 Å². The van der Waals surface area contributed by atoms with Crippen LogP contribution in [0.1, 0.15) is 6.42 Å². The molecular formula is C10H15N3O2S. The molecule has 0 spiro atoms. The first-order valence-corrected chi connectivity index (χ1v) is 6.24. The second kappa shape index (κ2) is 6.34. The van der Waals surface area contributed by atoms with E-state index in [1.807, 2.05) is 6.26 Å². The number of amides is 1. The van der Waals surface area contributed by atoms with Crippen molar-refractivity contribution in [3.05, 3.63) is 18.3 Å². The second-order valence-corrected chi connectivity index (χ2v) is 4.23. The predicted octanol–water partition coefficient (Wildman–Crippen LogP) is 0.806. The number of pyridine rings is 1. The maximum Gasteiger partial charge on any atom is 0.242 e. The first-order valence-electron chi connectivity index (χ1n) is 4.84. The van der Waals surface area contributed by atoms with E-state index >= 15 is 0 Å². The number of carbonyl (C=O) groups excluding carboxylic acids is 1. The van der Waals surface area contributed by atoms with Crippen molar-refractivity contribution in [3.8, 4) is 5.75 Å². The Bertz CT molecular complexity index is 360. The number of rotatable bonds is 5. The third kappa shape index (κ3) is 3.71. The monoisotopic (exact) mass is 241 g/mol. The van der Waals surface area contributed by atoms with E-state index in [1.54, 1.807) is 17.8 Å². The molecule has 1 aromatic rings. The van der Waals surface area contributed by atoms with Crippen molar-refractivity contribution < 1.29 is 9.90 Å². The summed E-state index contributed by atoms with van der Waals surface area (Å²) >= 11 is 1.63. The SMILES string of the molecule is CSCC[C@@H](N)C(=O)Nc1ncccc1O. The third-order valence-corrected chi connectivity index (χ3v) is 2.64. The number of nitrogens with one attached hydrogen (secondary N) is 1. The highest BCUT2D eigenvalue weighted by molar-refractivity contribution is 7.98. The number of anilines is 1. The molecule has 0 aromatic carbocycles. The van der Waals surface area contributed by atoms with E-state index in [0.717, 1.165) is 5.75 Å². The van der Waals surface area contributed by atoms with Gasteiger partial charge in [-0.25, -0.2) is 4.98 Å². The van der Waals surface area contributed by atoms with Crippen molar-refractivity contribution in [2.75, 3.05) is 17.3 Å². The quantitative estimate of drug-likeness (QED) is 0.710. The van der Waals surface area contributed by atoms with Gasteiger partial charge in [0.2, 0.25) is 5.91 Å². The van der Waals surface area contributed by atoms with Gasteiger partial charge in [-0.15, -0.1) is 0 Å². The minimum Gasteiger partial charge on any atom is -0.504 e. The van der Waals surface area contributed by atoms with Gasteiger partial charge in [0.25, 0.3) is 0 Å². The van der Waals surface area contributed by atoms with Crippen LogP contribution >= 0.6 is 11.8 Å². The smallest absolute Gasteiger partial charge is 0.242 e. The minimum atomic E-state index is -0.575. The Labute approximate surface area is 98.4 Å². The fourth-order valence-electron chi connectivity index (χ4n) is 1.08. The summed E-state index contributed by atoms with van der Waals surface area (Å²) in [5.41, 5.74) is 5.67. The lowest BCUT2D eigenvalue weighted by atomic mass is 10.2. The molecule has 5 nitrogen and oxygen atoms in total. The molecule has 1 aromatic heterocycles. The van der Waals surface area contributed by atoms with Gasteiger partial charge in [-0.05, 0) is 30.6 Å². The lowest BCUT2D eigenvalue weighted by Crippen LogP contribution is -2.36. The van der Waals surface area contributed by atoms with Crippen molar-refractivity contribution >= 4 is 23.5 Å². The van der Waals surface area contributed by atoms with Crippen molar-refractivity contribution in [1.29, 1.82) is 0 Å². The summed E-state index contributed by atoms with van der Waals surface area (Å²) in [6, 6.07) is 2.46. The molecule has 0 fully saturated rings. The highest BCUT2D eigenvalue weighted by Crippen LogP contribution is 2.18. The first kappa shape index (κ1) is 12.8. The van der Waals surface area contributed by atoms with E-state index < -0.39 is 6.04 Å². The summed E-state index contributed by atoms with van der Waals surface area (Å²) in [7, 11) is 0. The molecule has 1 atom stereocenters. The van der Waals surface area contributed by atoms with Gasteiger partial charge >= 0.3 is 0 Å². The van der Waals surface area contributed by atoms with E-state index in [9.17, 15) is 9.90 Å². The number of nitrogens with two attached hydrogens (primary N) is 1. The van der Waals surface area contributed by atoms with Gasteiger partial charge in [-0.1, -0.05) is 0 Å². The molecule has 1 rings (SSSR count). The van der Waals surface area contributed by atoms with Gasteiger partial charge in [0.05, 0.1) is 6.04 Å². The molecule has 0 radical (unpaired) electrons. The molecule has 16 heavy (non-hydrogen) atoms. The van der Waals surface area contributed by atoms with Crippen molar-refractivity contribution in [2.45, 2.75) is 12.5 Å². The average Bonchev–Trinajstić information content (AvgIpc) is 2.28. The number of aromatic nitrogens is 1. The number of thioether (sulfide) groups is 1. The Morgan fingerprint density at radius 3 is 3.12 bits per heavy atom. The van der Waals surface area contributed by atoms with Gasteiger partial charge in [0.1, 0.15) is 0 Å². The van der Waals surface area contributed by atoms with E-state index in [4.69, 9.17) is 5.73 Å². The molecule has 0 unspecified atom stereocenters. The normalized spacial score (nSPS) is 12.1. The zero-order chi connectivity index (χ0) is 12.0. The van der Waals surface area contributed by atoms with Gasteiger partial charge < -0.3 is 16.2 Å². The van der Waals surface area contributed by atoms with Crippen LogP contribution in [0.3, 0.4) is 0 Å². The Hall–Kier alpha value is -1.27. The lowest BCUT2D eigenvalue weighted by Gasteiger charge is -2.11. The summed E-state index contributed by atoms with van der Waals surface area (Å²) in [5.74, 6) is 0.575. The number of carbonyl (C=O) groups is 1. The molecule has 0 aliphatic heterocycles. The van der Waals surface area contributed by atoms with Crippen LogP contribution in [0.4, 0.5) is 5.82 Å². The van der Waals surface area contributed by atoms with Crippen LogP contribution in [-0.2, 0) is 4.79 Å². The van der Waals surface area contributed by atoms with E-state index in [-0.39, 0.29) is 17.5 Å². The summed E-state index contributed by atoms with van der Waals surface area (Å²) in [4.78, 5) is 15.4. The number of hydrogen-bond donors (Lipinski definition) is 3. The standard InChI is InChI=1S/C10H15N3O2S/c1-16-6-4-7(11)10(15)13-9-8(14)3-2-5-12-9/h2-3,5,7,14H,4,6,11H2,1H3,(H,12,13,15)/t7-/m1/s1. The van der Waals surface area contributed by atoms with Crippen molar-refractivity contribution in [3.63, 3.8) is 0 Å². The predicted molar refractivity (Wildman–Crippen MR) is 65.5 cm³/mol. The average molecular weight is 241 g/mol. The van der Waals surface area contributed by atoms with Crippen LogP contribution in [0.5, 0.6) is 5.75 Å². The summed E-state index contributed by atoms with van der Waals surface area (Å²) < 4.78 is 0. The van der Waals surface area contributed by atoms with E-state index in [1.165, 1.54) is 12.3 Å². The summed E-state index contributed by atoms with van der Waals surface area (Å²) in [6.45, 7) is 0. The third-order valence-electron chi connectivity index (χ3n) is 2.00. The van der Waals surface area contributed by atoms with Crippen LogP contribution in [0, 0.1) is 0 Å². The van der Waals surface area contributed by atoms with Crippen LogP contribution < -0.4 is 11.1 Å². The summed E-state index contributed by atoms with van der Waals surface area (Å²) in [6.07, 6.45) is 4.04. The zero-order valence-corrected chi connectivity index (χ0v) is 9.83. The molecular weight excluding hydrogens is 226 g/mol. The van der Waals surface area contributed by atoms with Gasteiger partial charge in [0.15, 0.2) is 11.6 Å². The molecule has 1 heterocycles. The van der Waals surface area contributed by atoms with Gasteiger partial charge in [-0.3, -0.25) is 4.79 Å². The molecule has 0 aliphatic rings. The molecule has 0 saturated carbocycles. The second-order valence-electron chi connectivity index (χ2n) is 3.25. The van der Waals surface area contributed by atoms with E-state index in [0.29, 0.717) is 6.42 Å². The highest BCUT2D eigenvalue weighted by atomic mass is 32.2. The Morgan fingerprint density at radius 2 is 2.50 bits per heavy atom.